The molecule has 144 valence electrons. The third-order valence-electron chi connectivity index (χ3n) is 5.30. The molecule has 3 N–H and O–H groups in total. The summed E-state index contributed by atoms with van der Waals surface area (Å²) in [7, 11) is 0. The zero-order valence-corrected chi connectivity index (χ0v) is 16.8. The van der Waals surface area contributed by atoms with E-state index in [1.165, 1.54) is 0 Å². The topological polar surface area (TPSA) is 75.4 Å². The quantitative estimate of drug-likeness (QED) is 0.818. The molecule has 0 spiro atoms. The predicted molar refractivity (Wildman–Crippen MR) is 110 cm³/mol. The van der Waals surface area contributed by atoms with Crippen molar-refractivity contribution in [1.29, 1.82) is 0 Å². The zero-order valence-electron chi connectivity index (χ0n) is 15.2. The van der Waals surface area contributed by atoms with Crippen LogP contribution in [-0.4, -0.2) is 47.4 Å². The minimum Gasteiger partial charge on any atom is -0.337 e. The lowest BCUT2D eigenvalue weighted by Gasteiger charge is -2.27. The van der Waals surface area contributed by atoms with E-state index in [1.807, 2.05) is 41.8 Å². The lowest BCUT2D eigenvalue weighted by molar-refractivity contribution is -0.117. The number of carbonyl (C=O) groups is 2. The molecule has 0 unspecified atom stereocenters. The van der Waals surface area contributed by atoms with Crippen LogP contribution in [0.1, 0.15) is 41.6 Å². The molecular weight excluding hydrogens is 370 g/mol. The molecule has 26 heavy (non-hydrogen) atoms. The summed E-state index contributed by atoms with van der Waals surface area (Å²) in [4.78, 5) is 27.1. The number of hydrogen-bond donors (Lipinski definition) is 2. The van der Waals surface area contributed by atoms with Gasteiger partial charge in [-0.3, -0.25) is 9.59 Å². The molecule has 2 amide bonds. The molecule has 3 rings (SSSR count). The van der Waals surface area contributed by atoms with Crippen molar-refractivity contribution < 1.29 is 9.59 Å². The van der Waals surface area contributed by atoms with Gasteiger partial charge in [-0.1, -0.05) is 12.5 Å². The standard InChI is InChI=1S/C19H27N3O2S.ClH/c1-13-15(19(24)22-8-10-25-11-9-22)5-3-7-17(13)21-18(23)12-14-4-2-6-16(14)20;/h3,5,7,14,16H,2,4,6,8-12,20H2,1H3,(H,21,23);1H/t14-,16+;/m0./s1. The lowest BCUT2D eigenvalue weighted by atomic mass is 9.99. The maximum Gasteiger partial charge on any atom is 0.254 e. The van der Waals surface area contributed by atoms with Gasteiger partial charge in [0, 0.05) is 48.3 Å². The van der Waals surface area contributed by atoms with E-state index in [9.17, 15) is 9.59 Å². The van der Waals surface area contributed by atoms with E-state index in [-0.39, 0.29) is 36.2 Å². The van der Waals surface area contributed by atoms with Crippen molar-refractivity contribution >= 4 is 41.7 Å². The van der Waals surface area contributed by atoms with Crippen LogP contribution in [0.25, 0.3) is 0 Å². The largest absolute Gasteiger partial charge is 0.337 e. The van der Waals surface area contributed by atoms with Crippen molar-refractivity contribution in [3.63, 3.8) is 0 Å². The zero-order chi connectivity index (χ0) is 17.8. The molecule has 1 aromatic carbocycles. The van der Waals surface area contributed by atoms with Crippen molar-refractivity contribution in [2.75, 3.05) is 29.9 Å². The highest BCUT2D eigenvalue weighted by atomic mass is 35.5. The molecule has 1 saturated heterocycles. The first-order chi connectivity index (χ1) is 12.1. The summed E-state index contributed by atoms with van der Waals surface area (Å²) in [6.07, 6.45) is 3.60. The highest BCUT2D eigenvalue weighted by molar-refractivity contribution is 7.99. The third kappa shape index (κ3) is 4.93. The monoisotopic (exact) mass is 397 g/mol. The van der Waals surface area contributed by atoms with Crippen LogP contribution in [0, 0.1) is 12.8 Å². The van der Waals surface area contributed by atoms with Crippen LogP contribution >= 0.6 is 24.2 Å². The van der Waals surface area contributed by atoms with Gasteiger partial charge in [-0.05, 0) is 43.4 Å². The molecule has 0 radical (unpaired) electrons. The molecule has 2 fully saturated rings. The van der Waals surface area contributed by atoms with E-state index in [2.05, 4.69) is 5.32 Å². The molecule has 2 atom stereocenters. The summed E-state index contributed by atoms with van der Waals surface area (Å²) in [6.45, 7) is 3.49. The highest BCUT2D eigenvalue weighted by Crippen LogP contribution is 2.28. The number of rotatable bonds is 4. The van der Waals surface area contributed by atoms with Crippen LogP contribution in [-0.2, 0) is 4.79 Å². The molecule has 5 nitrogen and oxygen atoms in total. The minimum atomic E-state index is -0.00979. The summed E-state index contributed by atoms with van der Waals surface area (Å²) < 4.78 is 0. The van der Waals surface area contributed by atoms with Gasteiger partial charge >= 0.3 is 0 Å². The average molecular weight is 398 g/mol. The number of nitrogens with zero attached hydrogens (tertiary/aromatic N) is 1. The van der Waals surface area contributed by atoms with Crippen LogP contribution in [0.15, 0.2) is 18.2 Å². The molecule has 1 aliphatic carbocycles. The molecule has 1 aromatic rings. The Morgan fingerprint density at radius 1 is 1.27 bits per heavy atom. The van der Waals surface area contributed by atoms with Crippen molar-refractivity contribution in [2.24, 2.45) is 11.7 Å². The second-order valence-corrected chi connectivity index (χ2v) is 8.21. The number of nitrogens with one attached hydrogen (secondary N) is 1. The summed E-state index contributed by atoms with van der Waals surface area (Å²) in [6, 6.07) is 5.69. The van der Waals surface area contributed by atoms with Crippen molar-refractivity contribution in [1.82, 2.24) is 4.90 Å². The number of halogens is 1. The van der Waals surface area contributed by atoms with Crippen LogP contribution in [0.5, 0.6) is 0 Å². The molecule has 1 saturated carbocycles. The highest BCUT2D eigenvalue weighted by Gasteiger charge is 2.26. The van der Waals surface area contributed by atoms with Gasteiger partial charge in [-0.15, -0.1) is 12.4 Å². The molecule has 1 heterocycles. The van der Waals surface area contributed by atoms with Gasteiger partial charge in [0.05, 0.1) is 0 Å². The summed E-state index contributed by atoms with van der Waals surface area (Å²) in [5.41, 5.74) is 8.32. The SMILES string of the molecule is Cc1c(NC(=O)C[C@@H]2CCC[C@H]2N)cccc1C(=O)N1CCSCC1.Cl. The number of amides is 2. The van der Waals surface area contributed by atoms with Crippen LogP contribution < -0.4 is 11.1 Å². The van der Waals surface area contributed by atoms with Crippen LogP contribution in [0.2, 0.25) is 0 Å². The fraction of sp³-hybridized carbons (Fsp3) is 0.579. The van der Waals surface area contributed by atoms with Gasteiger partial charge in [0.1, 0.15) is 0 Å². The summed E-state index contributed by atoms with van der Waals surface area (Å²) >= 11 is 1.88. The molecule has 1 aliphatic heterocycles. The second-order valence-electron chi connectivity index (χ2n) is 6.99. The van der Waals surface area contributed by atoms with E-state index < -0.39 is 0 Å². The maximum absolute atomic E-state index is 12.8. The van der Waals surface area contributed by atoms with E-state index in [0.29, 0.717) is 12.0 Å². The minimum absolute atomic E-state index is 0. The summed E-state index contributed by atoms with van der Waals surface area (Å²) in [5, 5.41) is 2.99. The van der Waals surface area contributed by atoms with Crippen molar-refractivity contribution in [3.05, 3.63) is 29.3 Å². The number of nitrogens with two attached hydrogens (primary N) is 1. The fourth-order valence-corrected chi connectivity index (χ4v) is 4.60. The Hall–Kier alpha value is -1.24. The normalized spacial score (nSPS) is 22.6. The number of thioether (sulfide) groups is 1. The Kier molecular flexibility index (Phi) is 7.80. The smallest absolute Gasteiger partial charge is 0.254 e. The Bertz CT molecular complexity index is 650. The molecular formula is C19H28ClN3O2S. The number of hydrogen-bond acceptors (Lipinski definition) is 4. The van der Waals surface area contributed by atoms with Gasteiger partial charge in [0.2, 0.25) is 5.91 Å². The Labute approximate surface area is 165 Å². The average Bonchev–Trinajstić information content (AvgIpc) is 3.01. The Morgan fingerprint density at radius 2 is 2.00 bits per heavy atom. The lowest BCUT2D eigenvalue weighted by Crippen LogP contribution is -2.38. The molecule has 2 aliphatic rings. The van der Waals surface area contributed by atoms with Gasteiger partial charge in [0.15, 0.2) is 0 Å². The van der Waals surface area contributed by atoms with Gasteiger partial charge in [-0.2, -0.15) is 11.8 Å². The van der Waals surface area contributed by atoms with Crippen LogP contribution in [0.4, 0.5) is 5.69 Å². The third-order valence-corrected chi connectivity index (χ3v) is 6.24. The van der Waals surface area contributed by atoms with E-state index >= 15 is 0 Å². The second kappa shape index (κ2) is 9.62. The van der Waals surface area contributed by atoms with Crippen LogP contribution in [0.3, 0.4) is 0 Å². The van der Waals surface area contributed by atoms with Gasteiger partial charge < -0.3 is 16.0 Å². The summed E-state index contributed by atoms with van der Waals surface area (Å²) in [5.74, 6) is 2.30. The van der Waals surface area contributed by atoms with E-state index in [1.54, 1.807) is 0 Å². The van der Waals surface area contributed by atoms with E-state index in [4.69, 9.17) is 5.73 Å². The number of benzene rings is 1. The molecule has 7 heteroatoms. The Morgan fingerprint density at radius 3 is 2.65 bits per heavy atom. The first-order valence-electron chi connectivity index (χ1n) is 9.08. The first-order valence-corrected chi connectivity index (χ1v) is 10.2. The maximum atomic E-state index is 12.8. The first kappa shape index (κ1) is 21.1. The van der Waals surface area contributed by atoms with Gasteiger partial charge in [0.25, 0.3) is 5.91 Å². The Balaban J connectivity index is 0.00000243. The predicted octanol–water partition coefficient (Wildman–Crippen LogP) is 3.06. The number of anilines is 1. The van der Waals surface area contributed by atoms with E-state index in [0.717, 1.165) is 55.1 Å². The molecule has 0 bridgehead atoms. The molecule has 0 aromatic heterocycles. The van der Waals surface area contributed by atoms with Gasteiger partial charge in [-0.25, -0.2) is 0 Å². The van der Waals surface area contributed by atoms with Crippen molar-refractivity contribution in [3.8, 4) is 0 Å². The fourth-order valence-electron chi connectivity index (χ4n) is 3.70. The number of carbonyl (C=O) groups excluding carboxylic acids is 2. The van der Waals surface area contributed by atoms with Crippen molar-refractivity contribution in [2.45, 2.75) is 38.6 Å².